The fraction of sp³-hybridized carbons (Fsp3) is 0.533. The zero-order valence-corrected chi connectivity index (χ0v) is 12.6. The van der Waals surface area contributed by atoms with E-state index in [-0.39, 0.29) is 24.2 Å². The van der Waals surface area contributed by atoms with Crippen LogP contribution in [-0.4, -0.2) is 37.5 Å². The van der Waals surface area contributed by atoms with E-state index in [0.717, 1.165) is 6.42 Å². The number of methoxy groups -OCH3 is 1. The molecule has 1 aliphatic rings. The molecule has 114 valence electrons. The van der Waals surface area contributed by atoms with Crippen LogP contribution in [0.3, 0.4) is 0 Å². The molecule has 1 heterocycles. The Morgan fingerprint density at radius 2 is 2.19 bits per heavy atom. The normalized spacial score (nSPS) is 19.8. The molecule has 1 aliphatic carbocycles. The molecular formula is C15H21N3O3. The van der Waals surface area contributed by atoms with Crippen molar-refractivity contribution in [3.8, 4) is 5.88 Å². The third-order valence-electron chi connectivity index (χ3n) is 3.78. The summed E-state index contributed by atoms with van der Waals surface area (Å²) >= 11 is 0. The number of carbonyl (C=O) groups is 2. The van der Waals surface area contributed by atoms with Crippen LogP contribution in [0, 0.1) is 11.8 Å². The number of anilines is 1. The number of carbonyl (C=O) groups excluding carboxylic acids is 2. The molecule has 1 aromatic heterocycles. The summed E-state index contributed by atoms with van der Waals surface area (Å²) in [5.74, 6) is 1.12. The minimum Gasteiger partial charge on any atom is -0.481 e. The number of amides is 2. The van der Waals surface area contributed by atoms with Crippen molar-refractivity contribution < 1.29 is 14.3 Å². The lowest BCUT2D eigenvalue weighted by Gasteiger charge is -2.17. The Morgan fingerprint density at radius 3 is 2.71 bits per heavy atom. The van der Waals surface area contributed by atoms with Crippen molar-refractivity contribution in [3.63, 3.8) is 0 Å². The Hall–Kier alpha value is -2.11. The van der Waals surface area contributed by atoms with Crippen LogP contribution >= 0.6 is 0 Å². The van der Waals surface area contributed by atoms with E-state index in [0.29, 0.717) is 24.0 Å². The van der Waals surface area contributed by atoms with Gasteiger partial charge in [0.15, 0.2) is 0 Å². The predicted octanol–water partition coefficient (Wildman–Crippen LogP) is 1.22. The largest absolute Gasteiger partial charge is 0.481 e. The Kier molecular flexibility index (Phi) is 4.77. The minimum atomic E-state index is -0.0638. The Morgan fingerprint density at radius 1 is 1.48 bits per heavy atom. The number of rotatable bonds is 6. The molecule has 2 rings (SSSR count). The second-order valence-corrected chi connectivity index (χ2v) is 5.37. The number of nitrogens with one attached hydrogen (secondary N) is 1. The first-order chi connectivity index (χ1) is 10.0. The average Bonchev–Trinajstić information content (AvgIpc) is 3.23. The van der Waals surface area contributed by atoms with Gasteiger partial charge in [0.2, 0.25) is 17.7 Å². The highest BCUT2D eigenvalue weighted by atomic mass is 16.5. The van der Waals surface area contributed by atoms with Gasteiger partial charge >= 0.3 is 0 Å². The third-order valence-corrected chi connectivity index (χ3v) is 3.78. The fourth-order valence-corrected chi connectivity index (χ4v) is 2.11. The maximum atomic E-state index is 12.0. The molecule has 6 nitrogen and oxygen atoms in total. The molecule has 0 unspecified atom stereocenters. The van der Waals surface area contributed by atoms with Gasteiger partial charge in [0.05, 0.1) is 19.0 Å². The number of nitrogens with zero attached hydrogens (tertiary/aromatic N) is 2. The van der Waals surface area contributed by atoms with Crippen LogP contribution in [0.5, 0.6) is 5.88 Å². The lowest BCUT2D eigenvalue weighted by Crippen LogP contribution is -2.32. The van der Waals surface area contributed by atoms with Crippen molar-refractivity contribution in [1.82, 2.24) is 10.3 Å². The van der Waals surface area contributed by atoms with Crippen LogP contribution in [-0.2, 0) is 9.59 Å². The summed E-state index contributed by atoms with van der Waals surface area (Å²) in [4.78, 5) is 29.3. The molecule has 0 radical (unpaired) electrons. The first-order valence-electron chi connectivity index (χ1n) is 7.07. The zero-order chi connectivity index (χ0) is 15.4. The number of ether oxygens (including phenoxy) is 1. The molecule has 1 saturated carbocycles. The van der Waals surface area contributed by atoms with E-state index in [1.165, 1.54) is 4.90 Å². The van der Waals surface area contributed by atoms with E-state index in [1.807, 2.05) is 0 Å². The summed E-state index contributed by atoms with van der Waals surface area (Å²) in [6.45, 7) is 2.43. The molecule has 0 bridgehead atoms. The zero-order valence-electron chi connectivity index (χ0n) is 12.6. The van der Waals surface area contributed by atoms with Crippen molar-refractivity contribution >= 4 is 17.5 Å². The van der Waals surface area contributed by atoms with Crippen molar-refractivity contribution in [2.45, 2.75) is 19.8 Å². The van der Waals surface area contributed by atoms with Gasteiger partial charge in [0, 0.05) is 32.0 Å². The molecule has 2 amide bonds. The molecule has 21 heavy (non-hydrogen) atoms. The summed E-state index contributed by atoms with van der Waals surface area (Å²) in [7, 11) is 3.23. The fourth-order valence-electron chi connectivity index (χ4n) is 2.11. The first kappa shape index (κ1) is 15.3. The highest BCUT2D eigenvalue weighted by Gasteiger charge is 2.38. The van der Waals surface area contributed by atoms with Gasteiger partial charge in [-0.2, -0.15) is 0 Å². The quantitative estimate of drug-likeness (QED) is 0.855. The van der Waals surface area contributed by atoms with Crippen molar-refractivity contribution in [2.75, 3.05) is 25.6 Å². The maximum absolute atomic E-state index is 12.0. The summed E-state index contributed by atoms with van der Waals surface area (Å²) < 4.78 is 4.98. The molecule has 0 aliphatic heterocycles. The number of pyridine rings is 1. The van der Waals surface area contributed by atoms with Gasteiger partial charge in [0.25, 0.3) is 0 Å². The summed E-state index contributed by atoms with van der Waals surface area (Å²) in [6, 6.07) is 3.48. The van der Waals surface area contributed by atoms with Gasteiger partial charge in [-0.3, -0.25) is 9.59 Å². The lowest BCUT2D eigenvalue weighted by atomic mass is 10.3. The second kappa shape index (κ2) is 6.56. The molecular weight excluding hydrogens is 270 g/mol. The number of hydrogen-bond donors (Lipinski definition) is 1. The van der Waals surface area contributed by atoms with Crippen molar-refractivity contribution in [3.05, 3.63) is 18.3 Å². The Labute approximate surface area is 124 Å². The third kappa shape index (κ3) is 3.93. The molecule has 6 heteroatoms. The molecule has 2 atom stereocenters. The molecule has 1 aromatic rings. The highest BCUT2D eigenvalue weighted by molar-refractivity contribution is 5.93. The summed E-state index contributed by atoms with van der Waals surface area (Å²) in [5.41, 5.74) is 0.697. The van der Waals surface area contributed by atoms with Gasteiger partial charge < -0.3 is 15.0 Å². The van der Waals surface area contributed by atoms with E-state index in [2.05, 4.69) is 17.2 Å². The SMILES string of the molecule is COc1ccc(N(C)C(=O)CCNC(=O)[C@H]2C[C@@H]2C)cn1. The van der Waals surface area contributed by atoms with E-state index < -0.39 is 0 Å². The van der Waals surface area contributed by atoms with Crippen LogP contribution in [0.25, 0.3) is 0 Å². The smallest absolute Gasteiger partial charge is 0.228 e. The molecule has 0 saturated heterocycles. The van der Waals surface area contributed by atoms with Gasteiger partial charge in [-0.15, -0.1) is 0 Å². The van der Waals surface area contributed by atoms with Gasteiger partial charge in [-0.25, -0.2) is 4.98 Å². The van der Waals surface area contributed by atoms with Crippen LogP contribution in [0.4, 0.5) is 5.69 Å². The summed E-state index contributed by atoms with van der Waals surface area (Å²) in [5, 5.41) is 2.81. The maximum Gasteiger partial charge on any atom is 0.228 e. The monoisotopic (exact) mass is 291 g/mol. The molecule has 1 N–H and O–H groups in total. The minimum absolute atomic E-state index is 0.0593. The van der Waals surface area contributed by atoms with Crippen LogP contribution in [0.2, 0.25) is 0 Å². The van der Waals surface area contributed by atoms with Crippen LogP contribution in [0.15, 0.2) is 18.3 Å². The van der Waals surface area contributed by atoms with E-state index in [4.69, 9.17) is 4.74 Å². The standard InChI is InChI=1S/C15H21N3O3/c1-10-8-12(10)15(20)16-7-6-14(19)18(2)11-4-5-13(21-3)17-9-11/h4-5,9-10,12H,6-8H2,1-3H3,(H,16,20)/t10-,12-/m0/s1. The van der Waals surface area contributed by atoms with Crippen molar-refractivity contribution in [2.24, 2.45) is 11.8 Å². The predicted molar refractivity (Wildman–Crippen MR) is 79.1 cm³/mol. The van der Waals surface area contributed by atoms with Crippen LogP contribution in [0.1, 0.15) is 19.8 Å². The lowest BCUT2D eigenvalue weighted by molar-refractivity contribution is -0.122. The van der Waals surface area contributed by atoms with Crippen molar-refractivity contribution in [1.29, 1.82) is 0 Å². The Balaban J connectivity index is 1.77. The highest BCUT2D eigenvalue weighted by Crippen LogP contribution is 2.37. The molecule has 0 aromatic carbocycles. The van der Waals surface area contributed by atoms with E-state index in [1.54, 1.807) is 32.5 Å². The van der Waals surface area contributed by atoms with E-state index >= 15 is 0 Å². The van der Waals surface area contributed by atoms with Gasteiger partial charge in [0.1, 0.15) is 0 Å². The Bertz CT molecular complexity index is 515. The van der Waals surface area contributed by atoms with E-state index in [9.17, 15) is 9.59 Å². The topological polar surface area (TPSA) is 71.5 Å². The van der Waals surface area contributed by atoms with Crippen LogP contribution < -0.4 is 15.0 Å². The number of aromatic nitrogens is 1. The second-order valence-electron chi connectivity index (χ2n) is 5.37. The summed E-state index contributed by atoms with van der Waals surface area (Å²) in [6.07, 6.45) is 2.81. The van der Waals surface area contributed by atoms with Gasteiger partial charge in [-0.1, -0.05) is 6.92 Å². The number of hydrogen-bond acceptors (Lipinski definition) is 4. The average molecular weight is 291 g/mol. The molecule has 0 spiro atoms. The first-order valence-corrected chi connectivity index (χ1v) is 7.07. The molecule has 1 fully saturated rings. The van der Waals surface area contributed by atoms with Gasteiger partial charge in [-0.05, 0) is 18.4 Å².